The van der Waals surface area contributed by atoms with Gasteiger partial charge in [0.15, 0.2) is 6.54 Å². The van der Waals surface area contributed by atoms with Crippen LogP contribution in [0.25, 0.3) is 0 Å². The molecule has 0 N–H and O–H groups in total. The molecule has 0 saturated heterocycles. The lowest BCUT2D eigenvalue weighted by Crippen LogP contribution is -2.41. The van der Waals surface area contributed by atoms with Crippen LogP contribution in [0.1, 0.15) is 31.4 Å². The number of nitrogens with zero attached hydrogens (tertiary/aromatic N) is 1. The third-order valence-corrected chi connectivity index (χ3v) is 5.03. The fraction of sp³-hybridized carbons (Fsp3) is 0.350. The van der Waals surface area contributed by atoms with E-state index < -0.39 is 7.25 Å². The lowest BCUT2D eigenvalue weighted by molar-refractivity contribution is -0.553. The summed E-state index contributed by atoms with van der Waals surface area (Å²) in [6, 6.07) is 21.7. The van der Waals surface area contributed by atoms with Crippen LogP contribution in [-0.2, 0) is 12.0 Å². The maximum Gasteiger partial charge on any atom is 0.673 e. The Morgan fingerprint density at radius 2 is 1.46 bits per heavy atom. The monoisotopic (exact) mass is 365 g/mol. The van der Waals surface area contributed by atoms with Crippen molar-refractivity contribution in [2.24, 2.45) is 5.92 Å². The van der Waals surface area contributed by atoms with E-state index in [1.165, 1.54) is 11.1 Å². The van der Waals surface area contributed by atoms with Crippen LogP contribution in [0.15, 0.2) is 60.7 Å². The van der Waals surface area contributed by atoms with E-state index in [0.29, 0.717) is 5.92 Å². The second-order valence-corrected chi connectivity index (χ2v) is 6.98. The standard InChI is InChI=1S/C20H24N.BF4/c1-17-15-21(16-18-9-5-3-6-10-18)14-13-20(17,2)19-11-7-4-8-12-19;2-1(3,4)5/h3-12,14,17H,13,15-16H2,1-2H3;/q+1;-1. The number of hydrogen-bond acceptors (Lipinski definition) is 0. The van der Waals surface area contributed by atoms with Crippen molar-refractivity contribution in [3.05, 3.63) is 71.8 Å². The van der Waals surface area contributed by atoms with Gasteiger partial charge >= 0.3 is 7.25 Å². The van der Waals surface area contributed by atoms with Crippen molar-refractivity contribution in [2.45, 2.75) is 32.2 Å². The maximum absolute atomic E-state index is 9.75. The van der Waals surface area contributed by atoms with Crippen LogP contribution in [0, 0.1) is 5.92 Å². The summed E-state index contributed by atoms with van der Waals surface area (Å²) in [4.78, 5) is 0. The number of rotatable bonds is 3. The minimum Gasteiger partial charge on any atom is -0.418 e. The SMILES string of the molecule is CC1C[N+](Cc2ccccc2)=CCC1(C)c1ccccc1.F[B-](F)(F)F. The van der Waals surface area contributed by atoms with Gasteiger partial charge in [-0.05, 0) is 5.56 Å². The van der Waals surface area contributed by atoms with Gasteiger partial charge in [-0.15, -0.1) is 0 Å². The van der Waals surface area contributed by atoms with Crippen molar-refractivity contribution in [1.82, 2.24) is 0 Å². The van der Waals surface area contributed by atoms with Crippen molar-refractivity contribution in [3.63, 3.8) is 0 Å². The lowest BCUT2D eigenvalue weighted by atomic mass is 9.69. The fourth-order valence-electron chi connectivity index (χ4n) is 3.32. The van der Waals surface area contributed by atoms with Gasteiger partial charge in [-0.25, -0.2) is 4.58 Å². The molecule has 2 aromatic carbocycles. The molecular formula is C20H24BF4N. The molecule has 1 nitrogen and oxygen atoms in total. The van der Waals surface area contributed by atoms with Gasteiger partial charge in [-0.2, -0.15) is 0 Å². The summed E-state index contributed by atoms with van der Waals surface area (Å²) in [5, 5.41) is 0. The highest BCUT2D eigenvalue weighted by Crippen LogP contribution is 2.37. The summed E-state index contributed by atoms with van der Waals surface area (Å²) >= 11 is 0. The van der Waals surface area contributed by atoms with Gasteiger partial charge < -0.3 is 17.3 Å². The molecule has 2 unspecified atom stereocenters. The zero-order valence-electron chi connectivity index (χ0n) is 15.1. The van der Waals surface area contributed by atoms with E-state index in [-0.39, 0.29) is 5.41 Å². The summed E-state index contributed by atoms with van der Waals surface area (Å²) in [7, 11) is -6.00. The topological polar surface area (TPSA) is 3.01 Å². The first-order valence-corrected chi connectivity index (χ1v) is 8.72. The average molecular weight is 365 g/mol. The molecule has 1 aliphatic rings. The van der Waals surface area contributed by atoms with Crippen molar-refractivity contribution in [2.75, 3.05) is 6.54 Å². The van der Waals surface area contributed by atoms with E-state index in [4.69, 9.17) is 0 Å². The molecule has 0 bridgehead atoms. The molecule has 2 atom stereocenters. The minimum atomic E-state index is -6.00. The number of hydrogen-bond donors (Lipinski definition) is 0. The van der Waals surface area contributed by atoms with E-state index in [1.54, 1.807) is 0 Å². The molecule has 0 amide bonds. The Kier molecular flexibility index (Phi) is 6.62. The lowest BCUT2D eigenvalue weighted by Gasteiger charge is -2.36. The molecule has 0 fully saturated rings. The third kappa shape index (κ3) is 6.01. The van der Waals surface area contributed by atoms with E-state index in [2.05, 4.69) is 85.3 Å². The first-order chi connectivity index (χ1) is 12.2. The highest BCUT2D eigenvalue weighted by Gasteiger charge is 2.38. The van der Waals surface area contributed by atoms with Crippen LogP contribution in [0.4, 0.5) is 17.3 Å². The van der Waals surface area contributed by atoms with Gasteiger partial charge in [0.25, 0.3) is 0 Å². The summed E-state index contributed by atoms with van der Waals surface area (Å²) in [5.74, 6) is 0.647. The molecule has 0 aliphatic carbocycles. The first-order valence-electron chi connectivity index (χ1n) is 8.72. The zero-order valence-corrected chi connectivity index (χ0v) is 15.1. The molecule has 6 heteroatoms. The summed E-state index contributed by atoms with van der Waals surface area (Å²) in [5.41, 5.74) is 3.12. The fourth-order valence-corrected chi connectivity index (χ4v) is 3.32. The van der Waals surface area contributed by atoms with E-state index >= 15 is 0 Å². The molecule has 26 heavy (non-hydrogen) atoms. The van der Waals surface area contributed by atoms with Gasteiger partial charge in [0.05, 0.1) is 0 Å². The zero-order chi connectivity index (χ0) is 19.2. The Hall–Kier alpha value is -2.11. The van der Waals surface area contributed by atoms with E-state index in [9.17, 15) is 17.3 Å². The Balaban J connectivity index is 0.000000431. The van der Waals surface area contributed by atoms with Gasteiger partial charge in [0.1, 0.15) is 12.8 Å². The molecule has 0 saturated carbocycles. The van der Waals surface area contributed by atoms with Crippen molar-refractivity contribution < 1.29 is 21.8 Å². The maximum atomic E-state index is 9.75. The smallest absolute Gasteiger partial charge is 0.418 e. The highest BCUT2D eigenvalue weighted by molar-refractivity contribution is 6.50. The number of halogens is 4. The van der Waals surface area contributed by atoms with E-state index in [0.717, 1.165) is 19.5 Å². The van der Waals surface area contributed by atoms with Crippen molar-refractivity contribution in [1.29, 1.82) is 0 Å². The van der Waals surface area contributed by atoms with Crippen LogP contribution >= 0.6 is 0 Å². The van der Waals surface area contributed by atoms with Crippen LogP contribution < -0.4 is 0 Å². The largest absolute Gasteiger partial charge is 0.673 e. The molecule has 1 aliphatic heterocycles. The molecular weight excluding hydrogens is 341 g/mol. The molecule has 0 radical (unpaired) electrons. The summed E-state index contributed by atoms with van der Waals surface area (Å²) in [6.45, 7) is 6.94. The predicted molar refractivity (Wildman–Crippen MR) is 99.1 cm³/mol. The van der Waals surface area contributed by atoms with Gasteiger partial charge in [-0.3, -0.25) is 0 Å². The number of benzene rings is 2. The Bertz CT molecular complexity index is 710. The van der Waals surface area contributed by atoms with E-state index in [1.807, 2.05) is 0 Å². The quantitative estimate of drug-likeness (QED) is 0.380. The average Bonchev–Trinajstić information content (AvgIpc) is 2.59. The Morgan fingerprint density at radius 1 is 0.962 bits per heavy atom. The highest BCUT2D eigenvalue weighted by atomic mass is 19.5. The third-order valence-electron chi connectivity index (χ3n) is 5.03. The van der Waals surface area contributed by atoms with Gasteiger partial charge in [0.2, 0.25) is 0 Å². The summed E-state index contributed by atoms with van der Waals surface area (Å²) in [6.07, 6.45) is 3.52. The molecule has 1 heterocycles. The summed E-state index contributed by atoms with van der Waals surface area (Å²) < 4.78 is 41.5. The second-order valence-electron chi connectivity index (χ2n) is 6.98. The van der Waals surface area contributed by atoms with Crippen LogP contribution in [-0.4, -0.2) is 24.6 Å². The van der Waals surface area contributed by atoms with Crippen LogP contribution in [0.2, 0.25) is 0 Å². The predicted octanol–water partition coefficient (Wildman–Crippen LogP) is 5.57. The normalized spacial score (nSPS) is 22.8. The Labute approximate surface area is 152 Å². The van der Waals surface area contributed by atoms with Crippen molar-refractivity contribution in [3.8, 4) is 0 Å². The van der Waals surface area contributed by atoms with Crippen LogP contribution in [0.3, 0.4) is 0 Å². The van der Waals surface area contributed by atoms with Gasteiger partial charge in [-0.1, -0.05) is 74.5 Å². The molecule has 0 spiro atoms. The van der Waals surface area contributed by atoms with Gasteiger partial charge in [0, 0.05) is 23.3 Å². The Morgan fingerprint density at radius 3 is 1.96 bits per heavy atom. The molecule has 3 rings (SSSR count). The molecule has 140 valence electrons. The first kappa shape index (κ1) is 20.2. The molecule has 2 aromatic rings. The second kappa shape index (κ2) is 8.52. The molecule has 0 aromatic heterocycles. The van der Waals surface area contributed by atoms with Crippen LogP contribution in [0.5, 0.6) is 0 Å². The minimum absolute atomic E-state index is 0.258. The van der Waals surface area contributed by atoms with Crippen molar-refractivity contribution >= 4 is 13.5 Å².